The zero-order valence-electron chi connectivity index (χ0n) is 13.1. The van der Waals surface area contributed by atoms with Crippen molar-refractivity contribution in [2.24, 2.45) is 0 Å². The second-order valence-electron chi connectivity index (χ2n) is 6.02. The standard InChI is InChI=1S/C13H28O3Si2/c1-9-12(15-17(3,4)5)13(11-14-10-2)16-18(6,7)8/h9,11H,10H2,1-8H3/b12-9+,13-11-. The summed E-state index contributed by atoms with van der Waals surface area (Å²) in [5.74, 6) is 1.52. The van der Waals surface area contributed by atoms with Crippen molar-refractivity contribution in [1.29, 1.82) is 0 Å². The molecular weight excluding hydrogens is 260 g/mol. The Morgan fingerprint density at radius 3 is 1.67 bits per heavy atom. The molecule has 0 radical (unpaired) electrons. The molecule has 0 aliphatic rings. The molecule has 0 aliphatic carbocycles. The van der Waals surface area contributed by atoms with Gasteiger partial charge in [-0.05, 0) is 59.2 Å². The van der Waals surface area contributed by atoms with Gasteiger partial charge in [0.15, 0.2) is 5.76 Å². The van der Waals surface area contributed by atoms with Crippen LogP contribution >= 0.6 is 0 Å². The summed E-state index contributed by atoms with van der Waals surface area (Å²) in [6.07, 6.45) is 3.62. The first-order valence-corrected chi connectivity index (χ1v) is 13.3. The molecule has 0 atom stereocenters. The Kier molecular flexibility index (Phi) is 6.77. The molecule has 0 unspecified atom stereocenters. The van der Waals surface area contributed by atoms with Crippen molar-refractivity contribution in [3.63, 3.8) is 0 Å². The third-order valence-electron chi connectivity index (χ3n) is 1.69. The van der Waals surface area contributed by atoms with Crippen LogP contribution < -0.4 is 0 Å². The van der Waals surface area contributed by atoms with Crippen LogP contribution in [0.25, 0.3) is 0 Å². The van der Waals surface area contributed by atoms with Gasteiger partial charge in [-0.15, -0.1) is 0 Å². The monoisotopic (exact) mass is 288 g/mol. The third kappa shape index (κ3) is 8.41. The number of hydrogen-bond acceptors (Lipinski definition) is 3. The van der Waals surface area contributed by atoms with Gasteiger partial charge in [-0.25, -0.2) is 0 Å². The summed E-state index contributed by atoms with van der Waals surface area (Å²) in [7, 11) is -3.33. The Bertz CT molecular complexity index is 309. The third-order valence-corrected chi connectivity index (χ3v) is 3.36. The summed E-state index contributed by atoms with van der Waals surface area (Å²) in [5.41, 5.74) is 0. The highest BCUT2D eigenvalue weighted by atomic mass is 28.4. The Morgan fingerprint density at radius 2 is 1.33 bits per heavy atom. The molecule has 0 heterocycles. The maximum atomic E-state index is 6.04. The summed E-state index contributed by atoms with van der Waals surface area (Å²) >= 11 is 0. The lowest BCUT2D eigenvalue weighted by molar-refractivity contribution is 0.240. The maximum absolute atomic E-state index is 6.04. The van der Waals surface area contributed by atoms with E-state index in [0.29, 0.717) is 6.61 Å². The highest BCUT2D eigenvalue weighted by Gasteiger charge is 2.24. The summed E-state index contributed by atoms with van der Waals surface area (Å²) in [6.45, 7) is 17.5. The minimum atomic E-state index is -1.68. The number of hydrogen-bond donors (Lipinski definition) is 0. The summed E-state index contributed by atoms with van der Waals surface area (Å²) < 4.78 is 17.5. The molecule has 0 aliphatic heterocycles. The van der Waals surface area contributed by atoms with Crippen molar-refractivity contribution in [3.05, 3.63) is 23.9 Å². The van der Waals surface area contributed by atoms with E-state index in [4.69, 9.17) is 13.6 Å². The molecule has 0 saturated heterocycles. The van der Waals surface area contributed by atoms with Crippen molar-refractivity contribution in [2.45, 2.75) is 53.1 Å². The lowest BCUT2D eigenvalue weighted by atomic mass is 10.4. The molecule has 0 fully saturated rings. The molecule has 0 N–H and O–H groups in total. The van der Waals surface area contributed by atoms with E-state index in [1.807, 2.05) is 19.9 Å². The fourth-order valence-electron chi connectivity index (χ4n) is 1.20. The molecule has 0 saturated carbocycles. The van der Waals surface area contributed by atoms with Crippen LogP contribution in [-0.4, -0.2) is 23.2 Å². The minimum Gasteiger partial charge on any atom is -0.542 e. The Balaban J connectivity index is 5.05. The van der Waals surface area contributed by atoms with Gasteiger partial charge in [-0.3, -0.25) is 0 Å². The van der Waals surface area contributed by atoms with E-state index in [1.165, 1.54) is 0 Å². The van der Waals surface area contributed by atoms with Gasteiger partial charge in [0.05, 0.1) is 6.61 Å². The Labute approximate surface area is 114 Å². The van der Waals surface area contributed by atoms with E-state index in [9.17, 15) is 0 Å². The van der Waals surface area contributed by atoms with Gasteiger partial charge in [-0.1, -0.05) is 0 Å². The molecule has 0 bridgehead atoms. The van der Waals surface area contributed by atoms with Crippen LogP contribution in [0, 0.1) is 0 Å². The number of rotatable bonds is 7. The average molecular weight is 289 g/mol. The zero-order valence-corrected chi connectivity index (χ0v) is 15.1. The highest BCUT2D eigenvalue weighted by Crippen LogP contribution is 2.22. The maximum Gasteiger partial charge on any atom is 0.242 e. The minimum absolute atomic E-state index is 0.627. The second-order valence-corrected chi connectivity index (χ2v) is 14.9. The van der Waals surface area contributed by atoms with E-state index in [2.05, 4.69) is 39.3 Å². The first-order valence-electron chi connectivity index (χ1n) is 6.45. The Morgan fingerprint density at radius 1 is 0.889 bits per heavy atom. The molecule has 5 heteroatoms. The predicted molar refractivity (Wildman–Crippen MR) is 82.3 cm³/mol. The molecule has 0 aromatic rings. The fraction of sp³-hybridized carbons (Fsp3) is 0.692. The first kappa shape index (κ1) is 17.3. The molecule has 0 spiro atoms. The lowest BCUT2D eigenvalue weighted by Gasteiger charge is -2.27. The lowest BCUT2D eigenvalue weighted by Crippen LogP contribution is -2.29. The first-order chi connectivity index (χ1) is 8.09. The molecule has 0 amide bonds. The average Bonchev–Trinajstić information content (AvgIpc) is 2.18. The van der Waals surface area contributed by atoms with Crippen molar-refractivity contribution < 1.29 is 13.6 Å². The molecule has 18 heavy (non-hydrogen) atoms. The summed E-state index contributed by atoms with van der Waals surface area (Å²) in [5, 5.41) is 0. The van der Waals surface area contributed by atoms with Gasteiger partial charge < -0.3 is 13.6 Å². The number of ether oxygens (including phenoxy) is 1. The van der Waals surface area contributed by atoms with E-state index in [1.54, 1.807) is 6.26 Å². The van der Waals surface area contributed by atoms with Crippen LogP contribution in [0.2, 0.25) is 39.3 Å². The smallest absolute Gasteiger partial charge is 0.242 e. The van der Waals surface area contributed by atoms with Crippen LogP contribution in [-0.2, 0) is 13.6 Å². The van der Waals surface area contributed by atoms with Crippen LogP contribution in [0.5, 0.6) is 0 Å². The van der Waals surface area contributed by atoms with E-state index >= 15 is 0 Å². The quantitative estimate of drug-likeness (QED) is 0.393. The van der Waals surface area contributed by atoms with Crippen LogP contribution in [0.1, 0.15) is 13.8 Å². The highest BCUT2D eigenvalue weighted by molar-refractivity contribution is 6.70. The molecular formula is C13H28O3Si2. The summed E-state index contributed by atoms with van der Waals surface area (Å²) in [4.78, 5) is 0. The largest absolute Gasteiger partial charge is 0.542 e. The topological polar surface area (TPSA) is 27.7 Å². The van der Waals surface area contributed by atoms with E-state index in [-0.39, 0.29) is 0 Å². The fourth-order valence-corrected chi connectivity index (χ4v) is 2.89. The van der Waals surface area contributed by atoms with Crippen LogP contribution in [0.4, 0.5) is 0 Å². The van der Waals surface area contributed by atoms with E-state index < -0.39 is 16.6 Å². The van der Waals surface area contributed by atoms with E-state index in [0.717, 1.165) is 11.5 Å². The predicted octanol–water partition coefficient (Wildman–Crippen LogP) is 4.47. The van der Waals surface area contributed by atoms with Gasteiger partial charge in [-0.2, -0.15) is 0 Å². The van der Waals surface area contributed by atoms with Crippen molar-refractivity contribution in [1.82, 2.24) is 0 Å². The van der Waals surface area contributed by atoms with Crippen molar-refractivity contribution in [2.75, 3.05) is 6.61 Å². The SMILES string of the molecule is C/C=C(O[Si](C)(C)C)\C(=C\OCC)O[Si](C)(C)C. The molecule has 0 aromatic carbocycles. The molecule has 0 rings (SSSR count). The van der Waals surface area contributed by atoms with Gasteiger partial charge in [0.1, 0.15) is 12.0 Å². The zero-order chi connectivity index (χ0) is 14.4. The normalized spacial score (nSPS) is 14.4. The van der Waals surface area contributed by atoms with Crippen molar-refractivity contribution in [3.8, 4) is 0 Å². The van der Waals surface area contributed by atoms with Gasteiger partial charge >= 0.3 is 0 Å². The number of allylic oxidation sites excluding steroid dienone is 1. The van der Waals surface area contributed by atoms with Gasteiger partial charge in [0.25, 0.3) is 0 Å². The Hall–Kier alpha value is -0.686. The molecule has 3 nitrogen and oxygen atoms in total. The molecule has 106 valence electrons. The van der Waals surface area contributed by atoms with Crippen LogP contribution in [0.15, 0.2) is 23.9 Å². The van der Waals surface area contributed by atoms with Crippen molar-refractivity contribution >= 4 is 16.6 Å². The van der Waals surface area contributed by atoms with Crippen LogP contribution in [0.3, 0.4) is 0 Å². The second kappa shape index (κ2) is 7.04. The van der Waals surface area contributed by atoms with Gasteiger partial charge in [0, 0.05) is 0 Å². The van der Waals surface area contributed by atoms with Gasteiger partial charge in [0.2, 0.25) is 16.6 Å². The molecule has 0 aromatic heterocycles. The summed E-state index contributed by atoms with van der Waals surface area (Å²) in [6, 6.07) is 0.